The van der Waals surface area contributed by atoms with Crippen molar-refractivity contribution in [2.75, 3.05) is 13.2 Å². The third kappa shape index (κ3) is 4.85. The SMILES string of the molecule is CCOc1cc(F)c(C(CC)CC(O)C(C)O)cc1OCC. The Morgan fingerprint density at radius 2 is 1.59 bits per heavy atom. The molecule has 0 aliphatic rings. The van der Waals surface area contributed by atoms with E-state index in [9.17, 15) is 14.6 Å². The van der Waals surface area contributed by atoms with Crippen molar-refractivity contribution in [1.29, 1.82) is 0 Å². The normalized spacial score (nSPS) is 15.2. The minimum atomic E-state index is -0.883. The molecule has 0 aliphatic heterocycles. The summed E-state index contributed by atoms with van der Waals surface area (Å²) in [5.41, 5.74) is 0.481. The van der Waals surface area contributed by atoms with Crippen LogP contribution in [0.2, 0.25) is 0 Å². The monoisotopic (exact) mass is 314 g/mol. The maximum absolute atomic E-state index is 14.4. The summed E-state index contributed by atoms with van der Waals surface area (Å²) < 4.78 is 25.3. The number of rotatable bonds is 9. The molecule has 0 amide bonds. The van der Waals surface area contributed by atoms with Gasteiger partial charge < -0.3 is 19.7 Å². The first-order valence-corrected chi connectivity index (χ1v) is 7.89. The van der Waals surface area contributed by atoms with Crippen LogP contribution in [0.1, 0.15) is 52.0 Å². The van der Waals surface area contributed by atoms with Crippen molar-refractivity contribution in [3.8, 4) is 11.5 Å². The molecule has 0 bridgehead atoms. The molecule has 0 aliphatic carbocycles. The van der Waals surface area contributed by atoms with E-state index in [1.807, 2.05) is 20.8 Å². The Hall–Kier alpha value is -1.33. The first-order valence-electron chi connectivity index (χ1n) is 7.89. The average molecular weight is 314 g/mol. The van der Waals surface area contributed by atoms with Crippen LogP contribution >= 0.6 is 0 Å². The van der Waals surface area contributed by atoms with E-state index in [1.54, 1.807) is 6.07 Å². The van der Waals surface area contributed by atoms with E-state index in [0.29, 0.717) is 43.1 Å². The van der Waals surface area contributed by atoms with E-state index in [-0.39, 0.29) is 11.7 Å². The summed E-state index contributed by atoms with van der Waals surface area (Å²) in [6, 6.07) is 2.98. The zero-order valence-corrected chi connectivity index (χ0v) is 13.8. The highest BCUT2D eigenvalue weighted by Crippen LogP contribution is 2.36. The number of aliphatic hydroxyl groups excluding tert-OH is 2. The van der Waals surface area contributed by atoms with Crippen LogP contribution in [0.15, 0.2) is 12.1 Å². The van der Waals surface area contributed by atoms with Crippen molar-refractivity contribution in [1.82, 2.24) is 0 Å². The lowest BCUT2D eigenvalue weighted by Gasteiger charge is -2.23. The van der Waals surface area contributed by atoms with Crippen molar-refractivity contribution in [3.63, 3.8) is 0 Å². The van der Waals surface area contributed by atoms with Crippen molar-refractivity contribution in [2.24, 2.45) is 0 Å². The molecule has 4 nitrogen and oxygen atoms in total. The van der Waals surface area contributed by atoms with E-state index in [1.165, 1.54) is 13.0 Å². The highest BCUT2D eigenvalue weighted by molar-refractivity contribution is 5.45. The van der Waals surface area contributed by atoms with E-state index in [4.69, 9.17) is 9.47 Å². The predicted molar refractivity (Wildman–Crippen MR) is 84.1 cm³/mol. The minimum Gasteiger partial charge on any atom is -0.490 e. The van der Waals surface area contributed by atoms with Gasteiger partial charge >= 0.3 is 0 Å². The van der Waals surface area contributed by atoms with Gasteiger partial charge in [0.05, 0.1) is 25.4 Å². The zero-order valence-electron chi connectivity index (χ0n) is 13.8. The summed E-state index contributed by atoms with van der Waals surface area (Å²) in [6.45, 7) is 8.02. The molecule has 0 heterocycles. The molecule has 0 spiro atoms. The van der Waals surface area contributed by atoms with Gasteiger partial charge in [0.15, 0.2) is 11.5 Å². The maximum atomic E-state index is 14.4. The number of hydrogen-bond acceptors (Lipinski definition) is 4. The molecule has 0 fully saturated rings. The number of aliphatic hydroxyl groups is 2. The second-order valence-corrected chi connectivity index (χ2v) is 5.34. The Kier molecular flexibility index (Phi) is 7.62. The molecule has 1 aromatic rings. The van der Waals surface area contributed by atoms with Gasteiger partial charge in [0.1, 0.15) is 5.82 Å². The van der Waals surface area contributed by atoms with Crippen LogP contribution in [-0.2, 0) is 0 Å². The van der Waals surface area contributed by atoms with Gasteiger partial charge in [-0.15, -0.1) is 0 Å². The lowest BCUT2D eigenvalue weighted by molar-refractivity contribution is 0.0213. The summed E-state index contributed by atoms with van der Waals surface area (Å²) in [6.07, 6.45) is -0.775. The maximum Gasteiger partial charge on any atom is 0.164 e. The van der Waals surface area contributed by atoms with Crippen LogP contribution in [0.5, 0.6) is 11.5 Å². The molecular formula is C17H27FO4. The smallest absolute Gasteiger partial charge is 0.164 e. The van der Waals surface area contributed by atoms with Crippen LogP contribution < -0.4 is 9.47 Å². The standard InChI is InChI=1S/C17H27FO4/c1-5-12(8-15(20)11(4)19)13-9-16(21-6-2)17(22-7-3)10-14(13)18/h9-12,15,19-20H,5-8H2,1-4H3. The molecule has 22 heavy (non-hydrogen) atoms. The molecule has 1 aromatic carbocycles. The van der Waals surface area contributed by atoms with Crippen LogP contribution in [0.3, 0.4) is 0 Å². The van der Waals surface area contributed by atoms with Gasteiger partial charge in [-0.2, -0.15) is 0 Å². The third-order valence-corrected chi connectivity index (χ3v) is 3.68. The van der Waals surface area contributed by atoms with E-state index in [0.717, 1.165) is 0 Å². The summed E-state index contributed by atoms with van der Waals surface area (Å²) in [5, 5.41) is 19.3. The fourth-order valence-corrected chi connectivity index (χ4v) is 2.40. The molecular weight excluding hydrogens is 287 g/mol. The first-order chi connectivity index (χ1) is 10.4. The Balaban J connectivity index is 3.12. The summed E-state index contributed by atoms with van der Waals surface area (Å²) in [7, 11) is 0. The first kappa shape index (κ1) is 18.7. The van der Waals surface area contributed by atoms with Gasteiger partial charge in [-0.1, -0.05) is 6.92 Å². The highest BCUT2D eigenvalue weighted by Gasteiger charge is 2.23. The van der Waals surface area contributed by atoms with Gasteiger partial charge in [0, 0.05) is 6.07 Å². The predicted octanol–water partition coefficient (Wildman–Crippen LogP) is 3.25. The quantitative estimate of drug-likeness (QED) is 0.734. The van der Waals surface area contributed by atoms with E-state index >= 15 is 0 Å². The second-order valence-electron chi connectivity index (χ2n) is 5.34. The molecule has 2 N–H and O–H groups in total. The molecule has 3 atom stereocenters. The van der Waals surface area contributed by atoms with Gasteiger partial charge in [-0.05, 0) is 51.2 Å². The lowest BCUT2D eigenvalue weighted by atomic mass is 9.89. The van der Waals surface area contributed by atoms with Crippen LogP contribution in [0, 0.1) is 5.82 Å². The average Bonchev–Trinajstić information content (AvgIpc) is 2.47. The second kappa shape index (κ2) is 8.96. The number of ether oxygens (including phenoxy) is 2. The molecule has 0 radical (unpaired) electrons. The van der Waals surface area contributed by atoms with E-state index < -0.39 is 12.2 Å². The van der Waals surface area contributed by atoms with Gasteiger partial charge in [-0.25, -0.2) is 4.39 Å². The number of benzene rings is 1. The Bertz CT molecular complexity index is 462. The van der Waals surface area contributed by atoms with Crippen molar-refractivity contribution in [2.45, 2.75) is 58.7 Å². The Morgan fingerprint density at radius 3 is 2.05 bits per heavy atom. The van der Waals surface area contributed by atoms with Crippen LogP contribution in [-0.4, -0.2) is 35.6 Å². The summed E-state index contributed by atoms with van der Waals surface area (Å²) in [5.74, 6) is 0.318. The molecule has 126 valence electrons. The molecule has 1 rings (SSSR count). The molecule has 3 unspecified atom stereocenters. The van der Waals surface area contributed by atoms with Crippen molar-refractivity contribution in [3.05, 3.63) is 23.5 Å². The Labute approximate surface area is 131 Å². The van der Waals surface area contributed by atoms with E-state index in [2.05, 4.69) is 0 Å². The van der Waals surface area contributed by atoms with Gasteiger partial charge in [-0.3, -0.25) is 0 Å². The van der Waals surface area contributed by atoms with Crippen molar-refractivity contribution < 1.29 is 24.1 Å². The highest BCUT2D eigenvalue weighted by atomic mass is 19.1. The van der Waals surface area contributed by atoms with Crippen LogP contribution in [0.25, 0.3) is 0 Å². The third-order valence-electron chi connectivity index (χ3n) is 3.68. The van der Waals surface area contributed by atoms with Crippen LogP contribution in [0.4, 0.5) is 4.39 Å². The molecule has 5 heteroatoms. The molecule has 0 saturated heterocycles. The summed E-state index contributed by atoms with van der Waals surface area (Å²) in [4.78, 5) is 0. The number of halogens is 1. The van der Waals surface area contributed by atoms with Gasteiger partial charge in [0.25, 0.3) is 0 Å². The Morgan fingerprint density at radius 1 is 1.05 bits per heavy atom. The van der Waals surface area contributed by atoms with Crippen molar-refractivity contribution >= 4 is 0 Å². The molecule has 0 aromatic heterocycles. The fourth-order valence-electron chi connectivity index (χ4n) is 2.40. The minimum absolute atomic E-state index is 0.195. The molecule has 0 saturated carbocycles. The topological polar surface area (TPSA) is 58.9 Å². The fraction of sp³-hybridized carbons (Fsp3) is 0.647. The summed E-state index contributed by atoms with van der Waals surface area (Å²) >= 11 is 0. The van der Waals surface area contributed by atoms with Gasteiger partial charge in [0.2, 0.25) is 0 Å². The lowest BCUT2D eigenvalue weighted by Crippen LogP contribution is -2.25. The number of hydrogen-bond donors (Lipinski definition) is 2. The largest absolute Gasteiger partial charge is 0.490 e. The zero-order chi connectivity index (χ0) is 16.7.